The third kappa shape index (κ3) is 2.81. The summed E-state index contributed by atoms with van der Waals surface area (Å²) in [4.78, 5) is 15.5. The highest BCUT2D eigenvalue weighted by Gasteiger charge is 2.33. The molecule has 0 aromatic carbocycles. The molecule has 1 aromatic rings. The monoisotopic (exact) mass is 219 g/mol. The van der Waals surface area contributed by atoms with Crippen molar-refractivity contribution in [1.82, 2.24) is 4.98 Å². The molecule has 0 N–H and O–H groups in total. The normalized spacial score (nSPS) is 16.8. The van der Waals surface area contributed by atoms with Gasteiger partial charge in [0, 0.05) is 12.4 Å². The molecule has 0 radical (unpaired) electrons. The van der Waals surface area contributed by atoms with Crippen LogP contribution in [0.4, 0.5) is 0 Å². The standard InChI is InChI=1S/C13H17NO2/c1-2-16-13(15)9-12(10-3-4-10)11-5-7-14-8-6-11/h5-8,10,12H,2-4,9H2,1H3. The Hall–Kier alpha value is -1.38. The van der Waals surface area contributed by atoms with Crippen LogP contribution < -0.4 is 0 Å². The molecule has 1 aliphatic carbocycles. The van der Waals surface area contributed by atoms with Crippen molar-refractivity contribution in [3.8, 4) is 0 Å². The molecule has 0 spiro atoms. The molecule has 1 aliphatic rings. The van der Waals surface area contributed by atoms with Crippen LogP contribution in [0, 0.1) is 5.92 Å². The van der Waals surface area contributed by atoms with Gasteiger partial charge in [0.05, 0.1) is 13.0 Å². The van der Waals surface area contributed by atoms with E-state index in [1.54, 1.807) is 12.4 Å². The zero-order chi connectivity index (χ0) is 11.4. The lowest BCUT2D eigenvalue weighted by Gasteiger charge is -2.15. The topological polar surface area (TPSA) is 39.2 Å². The molecule has 86 valence electrons. The van der Waals surface area contributed by atoms with Crippen molar-refractivity contribution >= 4 is 5.97 Å². The highest BCUT2D eigenvalue weighted by Crippen LogP contribution is 2.44. The Balaban J connectivity index is 2.03. The van der Waals surface area contributed by atoms with Gasteiger partial charge < -0.3 is 4.74 Å². The van der Waals surface area contributed by atoms with Crippen LogP contribution in [-0.4, -0.2) is 17.6 Å². The molecule has 2 rings (SSSR count). The summed E-state index contributed by atoms with van der Waals surface area (Å²) in [5.41, 5.74) is 1.21. The van der Waals surface area contributed by atoms with Crippen molar-refractivity contribution in [2.75, 3.05) is 6.61 Å². The number of pyridine rings is 1. The summed E-state index contributed by atoms with van der Waals surface area (Å²) in [7, 11) is 0. The molecule has 1 heterocycles. The molecule has 1 unspecified atom stereocenters. The third-order valence-corrected chi connectivity index (χ3v) is 3.02. The van der Waals surface area contributed by atoms with Gasteiger partial charge in [-0.1, -0.05) is 0 Å². The summed E-state index contributed by atoms with van der Waals surface area (Å²) in [6, 6.07) is 4.00. The van der Waals surface area contributed by atoms with Crippen molar-refractivity contribution < 1.29 is 9.53 Å². The average Bonchev–Trinajstić information content (AvgIpc) is 3.11. The summed E-state index contributed by atoms with van der Waals surface area (Å²) < 4.78 is 5.02. The van der Waals surface area contributed by atoms with E-state index in [9.17, 15) is 4.79 Å². The van der Waals surface area contributed by atoms with Gasteiger partial charge in [0.25, 0.3) is 0 Å². The third-order valence-electron chi connectivity index (χ3n) is 3.02. The van der Waals surface area contributed by atoms with Crippen molar-refractivity contribution in [3.05, 3.63) is 30.1 Å². The first-order valence-corrected chi connectivity index (χ1v) is 5.86. The maximum Gasteiger partial charge on any atom is 0.306 e. The number of carbonyl (C=O) groups is 1. The lowest BCUT2D eigenvalue weighted by atomic mass is 9.92. The summed E-state index contributed by atoms with van der Waals surface area (Å²) >= 11 is 0. The van der Waals surface area contributed by atoms with Gasteiger partial charge in [-0.2, -0.15) is 0 Å². The first-order chi connectivity index (χ1) is 7.81. The number of ether oxygens (including phenoxy) is 1. The quantitative estimate of drug-likeness (QED) is 0.714. The SMILES string of the molecule is CCOC(=O)CC(c1ccncc1)C1CC1. The van der Waals surface area contributed by atoms with E-state index in [0.29, 0.717) is 24.9 Å². The first-order valence-electron chi connectivity index (χ1n) is 5.86. The fourth-order valence-corrected chi connectivity index (χ4v) is 2.07. The van der Waals surface area contributed by atoms with Gasteiger partial charge >= 0.3 is 5.97 Å². The molecule has 0 amide bonds. The fourth-order valence-electron chi connectivity index (χ4n) is 2.07. The van der Waals surface area contributed by atoms with Crippen molar-refractivity contribution in [2.24, 2.45) is 5.92 Å². The molecule has 1 saturated carbocycles. The van der Waals surface area contributed by atoms with Gasteiger partial charge in [0.2, 0.25) is 0 Å². The van der Waals surface area contributed by atoms with Gasteiger partial charge in [-0.3, -0.25) is 9.78 Å². The van der Waals surface area contributed by atoms with E-state index in [2.05, 4.69) is 4.98 Å². The number of rotatable bonds is 5. The maximum absolute atomic E-state index is 11.5. The van der Waals surface area contributed by atoms with Crippen molar-refractivity contribution in [3.63, 3.8) is 0 Å². The number of hydrogen-bond donors (Lipinski definition) is 0. The van der Waals surface area contributed by atoms with Gasteiger partial charge in [-0.25, -0.2) is 0 Å². The molecule has 0 bridgehead atoms. The van der Waals surface area contributed by atoms with E-state index in [-0.39, 0.29) is 5.97 Å². The van der Waals surface area contributed by atoms with Crippen molar-refractivity contribution in [1.29, 1.82) is 0 Å². The predicted molar refractivity (Wildman–Crippen MR) is 61.0 cm³/mol. The molecular formula is C13H17NO2. The second-order valence-electron chi connectivity index (χ2n) is 4.23. The van der Waals surface area contributed by atoms with E-state index in [1.165, 1.54) is 18.4 Å². The Morgan fingerprint density at radius 1 is 1.50 bits per heavy atom. The Morgan fingerprint density at radius 3 is 2.75 bits per heavy atom. The minimum Gasteiger partial charge on any atom is -0.466 e. The largest absolute Gasteiger partial charge is 0.466 e. The van der Waals surface area contributed by atoms with Crippen LogP contribution in [0.1, 0.15) is 37.7 Å². The molecular weight excluding hydrogens is 202 g/mol. The minimum absolute atomic E-state index is 0.0868. The summed E-state index contributed by atoms with van der Waals surface area (Å²) in [6.07, 6.45) is 6.53. The van der Waals surface area contributed by atoms with Crippen LogP contribution in [-0.2, 0) is 9.53 Å². The Morgan fingerprint density at radius 2 is 2.19 bits per heavy atom. The van der Waals surface area contributed by atoms with E-state index in [4.69, 9.17) is 4.74 Å². The van der Waals surface area contributed by atoms with Crippen LogP contribution in [0.5, 0.6) is 0 Å². The van der Waals surface area contributed by atoms with E-state index in [0.717, 1.165) is 0 Å². The smallest absolute Gasteiger partial charge is 0.306 e. The molecule has 1 aromatic heterocycles. The molecule has 0 aliphatic heterocycles. The van der Waals surface area contributed by atoms with Gasteiger partial charge in [0.1, 0.15) is 0 Å². The second-order valence-corrected chi connectivity index (χ2v) is 4.23. The van der Waals surface area contributed by atoms with E-state index in [1.807, 2.05) is 19.1 Å². The molecule has 1 atom stereocenters. The number of aromatic nitrogens is 1. The zero-order valence-electron chi connectivity index (χ0n) is 9.56. The molecule has 1 fully saturated rings. The van der Waals surface area contributed by atoms with Crippen LogP contribution in [0.2, 0.25) is 0 Å². The van der Waals surface area contributed by atoms with Gasteiger partial charge in [-0.05, 0) is 49.3 Å². The maximum atomic E-state index is 11.5. The van der Waals surface area contributed by atoms with E-state index >= 15 is 0 Å². The Bertz CT molecular complexity index is 346. The van der Waals surface area contributed by atoms with Gasteiger partial charge in [0.15, 0.2) is 0 Å². The highest BCUT2D eigenvalue weighted by atomic mass is 16.5. The molecule has 0 saturated heterocycles. The average molecular weight is 219 g/mol. The Kier molecular flexibility index (Phi) is 3.54. The number of nitrogens with zero attached hydrogens (tertiary/aromatic N) is 1. The summed E-state index contributed by atoms with van der Waals surface area (Å²) in [6.45, 7) is 2.31. The molecule has 3 nitrogen and oxygen atoms in total. The van der Waals surface area contributed by atoms with Crippen LogP contribution in [0.3, 0.4) is 0 Å². The van der Waals surface area contributed by atoms with Crippen LogP contribution >= 0.6 is 0 Å². The number of hydrogen-bond acceptors (Lipinski definition) is 3. The van der Waals surface area contributed by atoms with E-state index < -0.39 is 0 Å². The lowest BCUT2D eigenvalue weighted by molar-refractivity contribution is -0.143. The highest BCUT2D eigenvalue weighted by molar-refractivity contribution is 5.70. The molecule has 16 heavy (non-hydrogen) atoms. The van der Waals surface area contributed by atoms with Crippen LogP contribution in [0.15, 0.2) is 24.5 Å². The first kappa shape index (κ1) is 11.1. The number of esters is 1. The number of carbonyl (C=O) groups excluding carboxylic acids is 1. The summed E-state index contributed by atoms with van der Waals surface area (Å²) in [5.74, 6) is 0.894. The second kappa shape index (κ2) is 5.10. The fraction of sp³-hybridized carbons (Fsp3) is 0.538. The zero-order valence-corrected chi connectivity index (χ0v) is 9.56. The van der Waals surface area contributed by atoms with Crippen LogP contribution in [0.25, 0.3) is 0 Å². The van der Waals surface area contributed by atoms with Crippen molar-refractivity contribution in [2.45, 2.75) is 32.1 Å². The molecule has 3 heteroatoms. The lowest BCUT2D eigenvalue weighted by Crippen LogP contribution is -2.12. The Labute approximate surface area is 95.8 Å². The minimum atomic E-state index is -0.0868. The summed E-state index contributed by atoms with van der Waals surface area (Å²) in [5, 5.41) is 0. The van der Waals surface area contributed by atoms with Gasteiger partial charge in [-0.15, -0.1) is 0 Å². The predicted octanol–water partition coefficient (Wildman–Crippen LogP) is 2.53.